The first kappa shape index (κ1) is 20.3. The maximum atomic E-state index is 12.7. The number of methoxy groups -OCH3 is 1. The zero-order valence-electron chi connectivity index (χ0n) is 17.3. The maximum Gasteiger partial charge on any atom is 0.278 e. The summed E-state index contributed by atoms with van der Waals surface area (Å²) >= 11 is 1.31. The smallest absolute Gasteiger partial charge is 0.278 e. The van der Waals surface area contributed by atoms with E-state index in [1.165, 1.54) is 16.3 Å². The Morgan fingerprint density at radius 2 is 1.90 bits per heavy atom. The highest BCUT2D eigenvalue weighted by Gasteiger charge is 2.22. The lowest BCUT2D eigenvalue weighted by molar-refractivity contribution is -0.128. The number of amides is 1. The number of piperazine rings is 1. The van der Waals surface area contributed by atoms with Crippen LogP contribution in [0.3, 0.4) is 0 Å². The molecule has 3 heterocycles. The molecule has 4 rings (SSSR count). The molecule has 0 unspecified atom stereocenters. The molecule has 1 amide bonds. The second kappa shape index (κ2) is 8.43. The highest BCUT2D eigenvalue weighted by atomic mass is 32.2. The van der Waals surface area contributed by atoms with E-state index in [2.05, 4.69) is 14.9 Å². The topological polar surface area (TPSA) is 83.5 Å². The number of anilines is 1. The van der Waals surface area contributed by atoms with Crippen LogP contribution in [0, 0.1) is 6.92 Å². The molecule has 0 radical (unpaired) electrons. The van der Waals surface area contributed by atoms with Crippen LogP contribution >= 0.6 is 11.8 Å². The van der Waals surface area contributed by atoms with Crippen LogP contribution < -0.4 is 15.2 Å². The lowest BCUT2D eigenvalue weighted by atomic mass is 10.2. The normalized spacial score (nSPS) is 14.4. The SMILES string of the molecule is COc1ccc(N2CCN(C(=O)CSc3nc4cc(C)[nH]c4c(=O)n3C)CC2)cc1. The van der Waals surface area contributed by atoms with Gasteiger partial charge in [0.2, 0.25) is 5.91 Å². The van der Waals surface area contributed by atoms with Crippen molar-refractivity contribution in [3.63, 3.8) is 0 Å². The molecule has 9 heteroatoms. The molecule has 0 atom stereocenters. The molecule has 1 aromatic carbocycles. The van der Waals surface area contributed by atoms with Gasteiger partial charge in [0, 0.05) is 44.6 Å². The third kappa shape index (κ3) is 4.02. The summed E-state index contributed by atoms with van der Waals surface area (Å²) in [5.74, 6) is 1.16. The molecular weight excluding hydrogens is 402 g/mol. The van der Waals surface area contributed by atoms with Gasteiger partial charge in [0.25, 0.3) is 5.56 Å². The third-order valence-electron chi connectivity index (χ3n) is 5.35. The number of hydrogen-bond donors (Lipinski definition) is 1. The molecule has 3 aromatic rings. The number of aryl methyl sites for hydroxylation is 1. The van der Waals surface area contributed by atoms with Gasteiger partial charge in [-0.05, 0) is 37.3 Å². The fraction of sp³-hybridized carbons (Fsp3) is 0.381. The van der Waals surface area contributed by atoms with Crippen LogP contribution in [0.15, 0.2) is 40.3 Å². The maximum absolute atomic E-state index is 12.7. The van der Waals surface area contributed by atoms with Crippen molar-refractivity contribution in [3.05, 3.63) is 46.4 Å². The quantitative estimate of drug-likeness (QED) is 0.496. The molecule has 2 aromatic heterocycles. The van der Waals surface area contributed by atoms with Gasteiger partial charge in [-0.25, -0.2) is 4.98 Å². The monoisotopic (exact) mass is 427 g/mol. The highest BCUT2D eigenvalue weighted by Crippen LogP contribution is 2.22. The van der Waals surface area contributed by atoms with Gasteiger partial charge < -0.3 is 19.5 Å². The molecule has 1 fully saturated rings. The largest absolute Gasteiger partial charge is 0.497 e. The molecule has 158 valence electrons. The van der Waals surface area contributed by atoms with Crippen molar-refractivity contribution in [2.75, 3.05) is 43.9 Å². The summed E-state index contributed by atoms with van der Waals surface area (Å²) in [6.45, 7) is 4.81. The van der Waals surface area contributed by atoms with Crippen molar-refractivity contribution < 1.29 is 9.53 Å². The fourth-order valence-corrected chi connectivity index (χ4v) is 4.49. The van der Waals surface area contributed by atoms with E-state index >= 15 is 0 Å². The van der Waals surface area contributed by atoms with E-state index in [9.17, 15) is 9.59 Å². The third-order valence-corrected chi connectivity index (χ3v) is 6.36. The van der Waals surface area contributed by atoms with Gasteiger partial charge >= 0.3 is 0 Å². The number of fused-ring (bicyclic) bond motifs is 1. The Kier molecular flexibility index (Phi) is 5.72. The van der Waals surface area contributed by atoms with E-state index in [1.807, 2.05) is 42.2 Å². The summed E-state index contributed by atoms with van der Waals surface area (Å²) < 4.78 is 6.70. The number of nitrogens with one attached hydrogen (secondary N) is 1. The van der Waals surface area contributed by atoms with Gasteiger partial charge in [0.05, 0.1) is 18.4 Å². The lowest BCUT2D eigenvalue weighted by Crippen LogP contribution is -2.49. The zero-order valence-corrected chi connectivity index (χ0v) is 18.2. The molecule has 1 N–H and O–H groups in total. The Morgan fingerprint density at radius 3 is 2.57 bits per heavy atom. The summed E-state index contributed by atoms with van der Waals surface area (Å²) in [6.07, 6.45) is 0. The number of aromatic amines is 1. The standard InChI is InChI=1S/C21H25N5O3S/c1-14-12-17-19(22-14)20(28)24(2)21(23-17)30-13-18(27)26-10-8-25(9-11-26)15-4-6-16(29-3)7-5-15/h4-7,12,22H,8-11,13H2,1-3H3. The first-order valence-electron chi connectivity index (χ1n) is 9.82. The predicted octanol–water partition coefficient (Wildman–Crippen LogP) is 2.02. The second-order valence-electron chi connectivity index (χ2n) is 7.33. The highest BCUT2D eigenvalue weighted by molar-refractivity contribution is 7.99. The van der Waals surface area contributed by atoms with Crippen LogP contribution in [0.25, 0.3) is 11.0 Å². The number of ether oxygens (including phenoxy) is 1. The molecule has 0 saturated carbocycles. The van der Waals surface area contributed by atoms with E-state index in [4.69, 9.17) is 4.74 Å². The molecule has 1 saturated heterocycles. The average Bonchev–Trinajstić information content (AvgIpc) is 3.15. The van der Waals surface area contributed by atoms with Gasteiger partial charge in [0.15, 0.2) is 5.16 Å². The second-order valence-corrected chi connectivity index (χ2v) is 8.27. The minimum Gasteiger partial charge on any atom is -0.497 e. The number of aromatic nitrogens is 3. The predicted molar refractivity (Wildman–Crippen MR) is 119 cm³/mol. The first-order valence-corrected chi connectivity index (χ1v) is 10.8. The number of carbonyl (C=O) groups is 1. The average molecular weight is 428 g/mol. The summed E-state index contributed by atoms with van der Waals surface area (Å²) in [4.78, 5) is 36.9. The van der Waals surface area contributed by atoms with E-state index in [-0.39, 0.29) is 17.2 Å². The van der Waals surface area contributed by atoms with Gasteiger partial charge in [-0.1, -0.05) is 11.8 Å². The summed E-state index contributed by atoms with van der Waals surface area (Å²) in [5, 5.41) is 0.553. The Balaban J connectivity index is 1.35. The molecule has 0 aliphatic carbocycles. The molecule has 1 aliphatic rings. The number of benzene rings is 1. The first-order chi connectivity index (χ1) is 14.5. The van der Waals surface area contributed by atoms with Crippen molar-refractivity contribution in [2.24, 2.45) is 7.05 Å². The van der Waals surface area contributed by atoms with E-state index in [1.54, 1.807) is 14.2 Å². The van der Waals surface area contributed by atoms with Crippen molar-refractivity contribution in [1.29, 1.82) is 0 Å². The van der Waals surface area contributed by atoms with E-state index in [0.29, 0.717) is 29.3 Å². The van der Waals surface area contributed by atoms with Crippen LogP contribution in [0.4, 0.5) is 5.69 Å². The molecule has 0 bridgehead atoms. The van der Waals surface area contributed by atoms with Crippen LogP contribution in [-0.2, 0) is 11.8 Å². The number of nitrogens with zero attached hydrogens (tertiary/aromatic N) is 4. The number of carbonyl (C=O) groups excluding carboxylic acids is 1. The van der Waals surface area contributed by atoms with E-state index in [0.717, 1.165) is 30.2 Å². The lowest BCUT2D eigenvalue weighted by Gasteiger charge is -2.36. The number of H-pyrrole nitrogens is 1. The summed E-state index contributed by atoms with van der Waals surface area (Å²) in [5.41, 5.74) is 3.03. The Bertz CT molecular complexity index is 1110. The van der Waals surface area contributed by atoms with Gasteiger partial charge in [-0.3, -0.25) is 14.2 Å². The van der Waals surface area contributed by atoms with Crippen LogP contribution in [-0.4, -0.2) is 64.4 Å². The molecule has 8 nitrogen and oxygen atoms in total. The Morgan fingerprint density at radius 1 is 1.20 bits per heavy atom. The van der Waals surface area contributed by atoms with Crippen molar-refractivity contribution in [3.8, 4) is 5.75 Å². The minimum absolute atomic E-state index is 0.0639. The fourth-order valence-electron chi connectivity index (χ4n) is 3.61. The van der Waals surface area contributed by atoms with Crippen molar-refractivity contribution in [1.82, 2.24) is 19.4 Å². The van der Waals surface area contributed by atoms with Crippen molar-refractivity contribution >= 4 is 34.4 Å². The van der Waals surface area contributed by atoms with Crippen LogP contribution in [0.5, 0.6) is 5.75 Å². The number of rotatable bonds is 5. The Hall–Kier alpha value is -2.94. The van der Waals surface area contributed by atoms with Gasteiger partial charge in [-0.2, -0.15) is 0 Å². The number of thioether (sulfide) groups is 1. The van der Waals surface area contributed by atoms with Gasteiger partial charge in [-0.15, -0.1) is 0 Å². The van der Waals surface area contributed by atoms with Crippen LogP contribution in [0.1, 0.15) is 5.69 Å². The minimum atomic E-state index is -0.129. The van der Waals surface area contributed by atoms with Gasteiger partial charge in [0.1, 0.15) is 11.3 Å². The van der Waals surface area contributed by atoms with Crippen molar-refractivity contribution in [2.45, 2.75) is 12.1 Å². The zero-order chi connectivity index (χ0) is 21.3. The molecule has 0 spiro atoms. The molecule has 30 heavy (non-hydrogen) atoms. The number of hydrogen-bond acceptors (Lipinski definition) is 6. The Labute approximate surface area is 178 Å². The molecular formula is C21H25N5O3S. The van der Waals surface area contributed by atoms with Crippen LogP contribution in [0.2, 0.25) is 0 Å². The molecule has 1 aliphatic heterocycles. The summed E-state index contributed by atoms with van der Waals surface area (Å²) in [7, 11) is 3.34. The summed E-state index contributed by atoms with van der Waals surface area (Å²) in [6, 6.07) is 9.82. The van der Waals surface area contributed by atoms with E-state index < -0.39 is 0 Å².